The number of thiophene rings is 1. The van der Waals surface area contributed by atoms with Crippen LogP contribution < -0.4 is 0 Å². The van der Waals surface area contributed by atoms with Gasteiger partial charge in [0.1, 0.15) is 11.5 Å². The second kappa shape index (κ2) is 9.55. The van der Waals surface area contributed by atoms with E-state index >= 15 is 4.39 Å². The van der Waals surface area contributed by atoms with Gasteiger partial charge in [0.05, 0.1) is 11.7 Å². The zero-order chi connectivity index (χ0) is 25.0. The number of hydrogen-bond donors (Lipinski definition) is 1. The van der Waals surface area contributed by atoms with E-state index in [2.05, 4.69) is 28.5 Å². The number of carbonyl (C=O) groups excluding carboxylic acids is 1. The Hall–Kier alpha value is -3.85. The van der Waals surface area contributed by atoms with Gasteiger partial charge in [-0.3, -0.25) is 4.79 Å². The number of carbonyl (C=O) groups is 2. The smallest absolute Gasteiger partial charge is 0.328 e. The molecule has 0 radical (unpaired) electrons. The monoisotopic (exact) mass is 518 g/mol. The summed E-state index contributed by atoms with van der Waals surface area (Å²) in [6.07, 6.45) is 4.97. The topological polar surface area (TPSA) is 87.8 Å². The van der Waals surface area contributed by atoms with E-state index in [-0.39, 0.29) is 36.4 Å². The summed E-state index contributed by atoms with van der Waals surface area (Å²) < 4.78 is 16.9. The van der Waals surface area contributed by atoms with Crippen LogP contribution in [0.1, 0.15) is 71.3 Å². The Morgan fingerprint density at radius 1 is 1.22 bits per heavy atom. The lowest BCUT2D eigenvalue weighted by Gasteiger charge is -2.33. The Kier molecular flexibility index (Phi) is 6.41. The SMILES string of the molecule is C.CC1c2ccsc2CCN1C(=O)c1cc(C2CC2)n2nc(-c3cccc(/C=C/C(=O)O)c3F)cc2n1. The van der Waals surface area contributed by atoms with E-state index in [1.165, 1.54) is 22.6 Å². The second-order valence-electron chi connectivity index (χ2n) is 9.24. The molecule has 6 rings (SSSR count). The van der Waals surface area contributed by atoms with Crippen molar-refractivity contribution in [2.24, 2.45) is 0 Å². The van der Waals surface area contributed by atoms with Crippen molar-refractivity contribution < 1.29 is 19.1 Å². The van der Waals surface area contributed by atoms with Gasteiger partial charge in [-0.1, -0.05) is 19.6 Å². The van der Waals surface area contributed by atoms with Gasteiger partial charge in [0.25, 0.3) is 5.91 Å². The van der Waals surface area contributed by atoms with Gasteiger partial charge in [-0.2, -0.15) is 5.10 Å². The third-order valence-electron chi connectivity index (χ3n) is 6.92. The van der Waals surface area contributed by atoms with Gasteiger partial charge >= 0.3 is 5.97 Å². The highest BCUT2D eigenvalue weighted by atomic mass is 32.1. The molecule has 1 atom stereocenters. The molecule has 0 saturated heterocycles. The Balaban J connectivity index is 0.00000280. The first-order chi connectivity index (χ1) is 17.4. The number of fused-ring (bicyclic) bond motifs is 2. The molecule has 4 aromatic rings. The first-order valence-electron chi connectivity index (χ1n) is 11.9. The van der Waals surface area contributed by atoms with Crippen LogP contribution in [0.4, 0.5) is 4.39 Å². The van der Waals surface area contributed by atoms with Crippen LogP contribution in [0, 0.1) is 5.82 Å². The van der Waals surface area contributed by atoms with Gasteiger partial charge in [0.2, 0.25) is 0 Å². The third-order valence-corrected chi connectivity index (χ3v) is 7.91. The van der Waals surface area contributed by atoms with E-state index in [0.717, 1.165) is 31.0 Å². The Morgan fingerprint density at radius 3 is 2.78 bits per heavy atom. The van der Waals surface area contributed by atoms with E-state index in [0.29, 0.717) is 23.6 Å². The normalized spacial score (nSPS) is 17.1. The van der Waals surface area contributed by atoms with Gasteiger partial charge in [0, 0.05) is 46.3 Å². The van der Waals surface area contributed by atoms with Crippen LogP contribution in [-0.2, 0) is 11.2 Å². The number of benzene rings is 1. The van der Waals surface area contributed by atoms with Crippen LogP contribution >= 0.6 is 11.3 Å². The summed E-state index contributed by atoms with van der Waals surface area (Å²) in [6, 6.07) is 10.4. The molecule has 1 N–H and O–H groups in total. The van der Waals surface area contributed by atoms with Crippen molar-refractivity contribution in [2.75, 3.05) is 6.54 Å². The summed E-state index contributed by atoms with van der Waals surface area (Å²) in [5, 5.41) is 15.6. The fourth-order valence-corrected chi connectivity index (χ4v) is 5.84. The number of nitrogens with zero attached hydrogens (tertiary/aromatic N) is 4. The summed E-state index contributed by atoms with van der Waals surface area (Å²) in [5.74, 6) is -1.54. The lowest BCUT2D eigenvalue weighted by Crippen LogP contribution is -2.38. The number of aromatic nitrogens is 3. The molecule has 190 valence electrons. The number of carboxylic acid groups (broad SMARTS) is 1. The lowest BCUT2D eigenvalue weighted by atomic mass is 10.0. The van der Waals surface area contributed by atoms with Crippen molar-refractivity contribution >= 4 is 34.9 Å². The molecule has 7 nitrogen and oxygen atoms in total. The van der Waals surface area contributed by atoms with Gasteiger partial charge in [-0.15, -0.1) is 11.3 Å². The molecule has 37 heavy (non-hydrogen) atoms. The molecule has 1 aliphatic carbocycles. The van der Waals surface area contributed by atoms with Crippen LogP contribution in [-0.4, -0.2) is 43.0 Å². The van der Waals surface area contributed by atoms with Crippen LogP contribution in [0.5, 0.6) is 0 Å². The summed E-state index contributed by atoms with van der Waals surface area (Å²) in [4.78, 5) is 32.3. The predicted octanol–water partition coefficient (Wildman–Crippen LogP) is 5.97. The van der Waals surface area contributed by atoms with Crippen molar-refractivity contribution in [1.29, 1.82) is 0 Å². The average Bonchev–Trinajstić information content (AvgIpc) is 3.43. The highest BCUT2D eigenvalue weighted by molar-refractivity contribution is 7.10. The number of carboxylic acids is 1. The highest BCUT2D eigenvalue weighted by Crippen LogP contribution is 2.41. The summed E-state index contributed by atoms with van der Waals surface area (Å²) >= 11 is 1.73. The maximum atomic E-state index is 15.2. The number of halogens is 1. The van der Waals surface area contributed by atoms with E-state index in [1.54, 1.807) is 34.1 Å². The Labute approximate surface area is 217 Å². The van der Waals surface area contributed by atoms with E-state index < -0.39 is 11.8 Å². The molecule has 1 fully saturated rings. The number of hydrogen-bond acceptors (Lipinski definition) is 5. The van der Waals surface area contributed by atoms with Crippen LogP contribution in [0.3, 0.4) is 0 Å². The zero-order valence-corrected chi connectivity index (χ0v) is 20.3. The van der Waals surface area contributed by atoms with Gasteiger partial charge < -0.3 is 10.0 Å². The average molecular weight is 519 g/mol. The fraction of sp³-hybridized carbons (Fsp3) is 0.286. The first kappa shape index (κ1) is 24.8. The molecule has 2 aliphatic rings. The minimum Gasteiger partial charge on any atom is -0.478 e. The minimum absolute atomic E-state index is 0. The molecule has 1 unspecified atom stereocenters. The summed E-state index contributed by atoms with van der Waals surface area (Å²) in [6.45, 7) is 2.69. The third kappa shape index (κ3) is 4.44. The molecule has 0 bridgehead atoms. The molecule has 1 saturated carbocycles. The molecule has 1 aliphatic heterocycles. The van der Waals surface area contributed by atoms with Gasteiger partial charge in [-0.25, -0.2) is 18.7 Å². The van der Waals surface area contributed by atoms with Crippen molar-refractivity contribution in [3.05, 3.63) is 81.1 Å². The summed E-state index contributed by atoms with van der Waals surface area (Å²) in [7, 11) is 0. The maximum absolute atomic E-state index is 15.2. The molecule has 9 heteroatoms. The molecule has 3 aromatic heterocycles. The maximum Gasteiger partial charge on any atom is 0.328 e. The molecular weight excluding hydrogens is 491 g/mol. The Bertz CT molecular complexity index is 1550. The number of rotatable bonds is 5. The van der Waals surface area contributed by atoms with Gasteiger partial charge in [-0.05, 0) is 61.4 Å². The quantitative estimate of drug-likeness (QED) is 0.329. The van der Waals surface area contributed by atoms with E-state index in [4.69, 9.17) is 5.11 Å². The lowest BCUT2D eigenvalue weighted by molar-refractivity contribution is -0.131. The first-order valence-corrected chi connectivity index (χ1v) is 12.8. The van der Waals surface area contributed by atoms with Crippen molar-refractivity contribution in [1.82, 2.24) is 19.5 Å². The largest absolute Gasteiger partial charge is 0.478 e. The van der Waals surface area contributed by atoms with Crippen molar-refractivity contribution in [3.63, 3.8) is 0 Å². The molecule has 1 amide bonds. The predicted molar refractivity (Wildman–Crippen MR) is 141 cm³/mol. The second-order valence-corrected chi connectivity index (χ2v) is 10.2. The van der Waals surface area contributed by atoms with Crippen molar-refractivity contribution in [3.8, 4) is 11.3 Å². The molecule has 1 aromatic carbocycles. The van der Waals surface area contributed by atoms with E-state index in [1.807, 2.05) is 11.0 Å². The van der Waals surface area contributed by atoms with Crippen LogP contribution in [0.15, 0.2) is 47.9 Å². The van der Waals surface area contributed by atoms with Crippen molar-refractivity contribution in [2.45, 2.75) is 45.6 Å². The number of amides is 1. The van der Waals surface area contributed by atoms with Gasteiger partial charge in [0.15, 0.2) is 5.65 Å². The molecule has 4 heterocycles. The van der Waals surface area contributed by atoms with Crippen LogP contribution in [0.2, 0.25) is 0 Å². The van der Waals surface area contributed by atoms with Crippen LogP contribution in [0.25, 0.3) is 23.0 Å². The number of aliphatic carboxylic acids is 1. The minimum atomic E-state index is -1.15. The molecule has 0 spiro atoms. The summed E-state index contributed by atoms with van der Waals surface area (Å²) in [5.41, 5.74) is 3.75. The Morgan fingerprint density at radius 2 is 2.03 bits per heavy atom. The zero-order valence-electron chi connectivity index (χ0n) is 19.5. The van der Waals surface area contributed by atoms with E-state index in [9.17, 15) is 9.59 Å². The fourth-order valence-electron chi connectivity index (χ4n) is 4.88. The highest BCUT2D eigenvalue weighted by Gasteiger charge is 2.33. The molecular formula is C28H27FN4O3S. The standard InChI is InChI=1S/C27H23FN4O3S.CH4/c1-15-18-10-12-36-23(18)9-11-31(15)27(35)21-13-22(16-5-6-16)32-24(29-21)14-20(30-32)19-4-2-3-17(26(19)28)7-8-25(33)34;/h2-4,7-8,10,12-16H,5-6,9,11H2,1H3,(H,33,34);1H4/b8-7+;.